The number of sulfonamides is 1. The SMILES string of the molecule is CC1Cc2cc(S(=O)(=O)NC3(c4ccccc4)CC3)cc(Cl)c2O1. The van der Waals surface area contributed by atoms with E-state index in [0.29, 0.717) is 17.2 Å². The summed E-state index contributed by atoms with van der Waals surface area (Å²) in [6.45, 7) is 1.94. The number of fused-ring (bicyclic) bond motifs is 1. The van der Waals surface area contributed by atoms with E-state index in [1.54, 1.807) is 6.07 Å². The van der Waals surface area contributed by atoms with Crippen molar-refractivity contribution in [1.82, 2.24) is 4.72 Å². The minimum atomic E-state index is -3.66. The summed E-state index contributed by atoms with van der Waals surface area (Å²) in [7, 11) is -3.66. The van der Waals surface area contributed by atoms with Gasteiger partial charge in [0.1, 0.15) is 11.9 Å². The van der Waals surface area contributed by atoms with Crippen molar-refractivity contribution in [2.45, 2.75) is 42.7 Å². The lowest BCUT2D eigenvalue weighted by Crippen LogP contribution is -2.34. The predicted molar refractivity (Wildman–Crippen MR) is 92.9 cm³/mol. The molecule has 1 saturated carbocycles. The second-order valence-corrected chi connectivity index (χ2v) is 8.67. The molecule has 1 atom stereocenters. The number of rotatable bonds is 4. The maximum atomic E-state index is 12.9. The molecule has 0 amide bonds. The molecule has 0 spiro atoms. The zero-order valence-electron chi connectivity index (χ0n) is 13.3. The Morgan fingerprint density at radius 2 is 1.92 bits per heavy atom. The highest BCUT2D eigenvalue weighted by Gasteiger charge is 2.47. The lowest BCUT2D eigenvalue weighted by Gasteiger charge is -2.18. The highest BCUT2D eigenvalue weighted by molar-refractivity contribution is 7.89. The third kappa shape index (κ3) is 2.70. The summed E-state index contributed by atoms with van der Waals surface area (Å²) >= 11 is 6.23. The first-order valence-electron chi connectivity index (χ1n) is 7.98. The van der Waals surface area contributed by atoms with Crippen molar-refractivity contribution in [1.29, 1.82) is 0 Å². The van der Waals surface area contributed by atoms with E-state index >= 15 is 0 Å². The van der Waals surface area contributed by atoms with E-state index in [1.165, 1.54) is 6.07 Å². The van der Waals surface area contributed by atoms with Crippen LogP contribution in [0, 0.1) is 0 Å². The van der Waals surface area contributed by atoms with Gasteiger partial charge in [0.2, 0.25) is 10.0 Å². The van der Waals surface area contributed by atoms with Gasteiger partial charge in [-0.25, -0.2) is 13.1 Å². The van der Waals surface area contributed by atoms with Crippen LogP contribution in [0.5, 0.6) is 5.75 Å². The molecule has 0 aromatic heterocycles. The molecular weight excluding hydrogens is 346 g/mol. The van der Waals surface area contributed by atoms with E-state index in [2.05, 4.69) is 4.72 Å². The molecular formula is C18H18ClNO3S. The van der Waals surface area contributed by atoms with Crippen LogP contribution in [0.15, 0.2) is 47.4 Å². The van der Waals surface area contributed by atoms with E-state index in [1.807, 2.05) is 37.3 Å². The van der Waals surface area contributed by atoms with Crippen molar-refractivity contribution in [2.24, 2.45) is 0 Å². The number of halogens is 1. The number of benzene rings is 2. The Labute approximate surface area is 146 Å². The maximum Gasteiger partial charge on any atom is 0.241 e. The quantitative estimate of drug-likeness (QED) is 0.902. The molecule has 24 heavy (non-hydrogen) atoms. The Bertz CT molecular complexity index is 892. The van der Waals surface area contributed by atoms with Crippen molar-refractivity contribution < 1.29 is 13.2 Å². The molecule has 0 radical (unpaired) electrons. The van der Waals surface area contributed by atoms with Crippen LogP contribution in [0.25, 0.3) is 0 Å². The van der Waals surface area contributed by atoms with Gasteiger partial charge in [0.25, 0.3) is 0 Å². The fourth-order valence-corrected chi connectivity index (χ4v) is 5.13. The Morgan fingerprint density at radius 1 is 1.21 bits per heavy atom. The normalized spacial score (nSPS) is 21.2. The zero-order chi connectivity index (χ0) is 16.9. The molecule has 2 aromatic rings. The van der Waals surface area contributed by atoms with E-state index in [9.17, 15) is 8.42 Å². The van der Waals surface area contributed by atoms with Crippen LogP contribution in [0.1, 0.15) is 30.9 Å². The summed E-state index contributed by atoms with van der Waals surface area (Å²) in [5, 5.41) is 0.349. The Morgan fingerprint density at radius 3 is 2.58 bits per heavy atom. The van der Waals surface area contributed by atoms with Crippen LogP contribution in [-0.2, 0) is 22.0 Å². The van der Waals surface area contributed by atoms with E-state index in [4.69, 9.17) is 16.3 Å². The predicted octanol–water partition coefficient (Wildman–Crippen LogP) is 3.63. The monoisotopic (exact) mass is 363 g/mol. The van der Waals surface area contributed by atoms with E-state index in [0.717, 1.165) is 24.0 Å². The van der Waals surface area contributed by atoms with E-state index < -0.39 is 15.6 Å². The van der Waals surface area contributed by atoms with Crippen LogP contribution in [0.4, 0.5) is 0 Å². The Balaban J connectivity index is 1.67. The third-order valence-corrected chi connectivity index (χ3v) is 6.43. The highest BCUT2D eigenvalue weighted by Crippen LogP contribution is 2.47. The van der Waals surface area contributed by atoms with Crippen molar-refractivity contribution in [3.8, 4) is 5.75 Å². The number of hydrogen-bond acceptors (Lipinski definition) is 3. The standard InChI is InChI=1S/C18H18ClNO3S/c1-12-9-13-10-15(11-16(19)17(13)23-12)24(21,22)20-18(7-8-18)14-5-3-2-4-6-14/h2-6,10-12,20H,7-9H2,1H3. The van der Waals surface area contributed by atoms with Crippen molar-refractivity contribution in [3.05, 3.63) is 58.6 Å². The number of ether oxygens (including phenoxy) is 1. The highest BCUT2D eigenvalue weighted by atomic mass is 35.5. The average Bonchev–Trinajstić information content (AvgIpc) is 3.21. The molecule has 1 fully saturated rings. The number of hydrogen-bond donors (Lipinski definition) is 1. The fourth-order valence-electron chi connectivity index (χ4n) is 3.26. The Kier molecular flexibility index (Phi) is 3.64. The van der Waals surface area contributed by atoms with Gasteiger partial charge in [-0.2, -0.15) is 0 Å². The minimum absolute atomic E-state index is 0.0162. The molecule has 1 N–H and O–H groups in total. The van der Waals surface area contributed by atoms with Gasteiger partial charge < -0.3 is 4.74 Å². The first-order chi connectivity index (χ1) is 11.4. The van der Waals surface area contributed by atoms with Crippen LogP contribution < -0.4 is 9.46 Å². The molecule has 126 valence electrons. The lowest BCUT2D eigenvalue weighted by molar-refractivity contribution is 0.255. The van der Waals surface area contributed by atoms with E-state index in [-0.39, 0.29) is 11.0 Å². The van der Waals surface area contributed by atoms with Gasteiger partial charge in [-0.05, 0) is 37.5 Å². The molecule has 2 aromatic carbocycles. The molecule has 1 unspecified atom stereocenters. The van der Waals surface area contributed by atoms with Crippen molar-refractivity contribution in [3.63, 3.8) is 0 Å². The van der Waals surface area contributed by atoms with Gasteiger partial charge in [0.15, 0.2) is 0 Å². The minimum Gasteiger partial charge on any atom is -0.489 e. The van der Waals surface area contributed by atoms with Crippen LogP contribution in [-0.4, -0.2) is 14.5 Å². The first kappa shape index (κ1) is 15.9. The number of nitrogens with one attached hydrogen (secondary N) is 1. The molecule has 4 rings (SSSR count). The summed E-state index contributed by atoms with van der Waals surface area (Å²) in [6.07, 6.45) is 2.29. The molecule has 1 aliphatic carbocycles. The molecule has 6 heteroatoms. The zero-order valence-corrected chi connectivity index (χ0v) is 14.8. The molecule has 0 bridgehead atoms. The van der Waals surface area contributed by atoms with Crippen LogP contribution in [0.3, 0.4) is 0 Å². The smallest absolute Gasteiger partial charge is 0.241 e. The first-order valence-corrected chi connectivity index (χ1v) is 9.84. The van der Waals surface area contributed by atoms with Gasteiger partial charge in [0.05, 0.1) is 15.5 Å². The van der Waals surface area contributed by atoms with Crippen LogP contribution in [0.2, 0.25) is 5.02 Å². The Hall–Kier alpha value is -1.56. The molecule has 2 aliphatic rings. The third-order valence-electron chi connectivity index (χ3n) is 4.64. The summed E-state index contributed by atoms with van der Waals surface area (Å²) in [5.74, 6) is 0.604. The molecule has 0 saturated heterocycles. The summed E-state index contributed by atoms with van der Waals surface area (Å²) < 4.78 is 34.3. The summed E-state index contributed by atoms with van der Waals surface area (Å²) in [5.41, 5.74) is 1.35. The molecule has 1 aliphatic heterocycles. The van der Waals surface area contributed by atoms with Crippen LogP contribution >= 0.6 is 11.6 Å². The molecule has 1 heterocycles. The van der Waals surface area contributed by atoms with Crippen molar-refractivity contribution in [2.75, 3.05) is 0 Å². The summed E-state index contributed by atoms with van der Waals surface area (Å²) in [6, 6.07) is 12.8. The largest absolute Gasteiger partial charge is 0.489 e. The second-order valence-electron chi connectivity index (χ2n) is 6.58. The average molecular weight is 364 g/mol. The summed E-state index contributed by atoms with van der Waals surface area (Å²) in [4.78, 5) is 0.200. The van der Waals surface area contributed by atoms with Gasteiger partial charge in [-0.15, -0.1) is 0 Å². The van der Waals surface area contributed by atoms with Gasteiger partial charge in [-0.1, -0.05) is 41.9 Å². The lowest BCUT2D eigenvalue weighted by atomic mass is 10.1. The van der Waals surface area contributed by atoms with Gasteiger partial charge in [0, 0.05) is 12.0 Å². The molecule has 4 nitrogen and oxygen atoms in total. The van der Waals surface area contributed by atoms with Crippen molar-refractivity contribution >= 4 is 21.6 Å². The maximum absolute atomic E-state index is 12.9. The topological polar surface area (TPSA) is 55.4 Å². The van der Waals surface area contributed by atoms with Gasteiger partial charge in [-0.3, -0.25) is 0 Å². The fraction of sp³-hybridized carbons (Fsp3) is 0.333. The van der Waals surface area contributed by atoms with Gasteiger partial charge >= 0.3 is 0 Å². The second kappa shape index (κ2) is 5.48.